The van der Waals surface area contributed by atoms with Crippen molar-refractivity contribution >= 4 is 27.2 Å². The standard InChI is InChI=1S/C6H12N2O2S2/c1-4-2-5(4)8-12(9,10)3-6(7)11/h4-5,8H,2-3H2,1H3,(H2,7,11). The van der Waals surface area contributed by atoms with Crippen LogP contribution in [-0.4, -0.2) is 25.2 Å². The van der Waals surface area contributed by atoms with Crippen molar-refractivity contribution < 1.29 is 8.42 Å². The van der Waals surface area contributed by atoms with Crippen molar-refractivity contribution in [1.29, 1.82) is 0 Å². The number of hydrogen-bond donors (Lipinski definition) is 2. The molecular weight excluding hydrogens is 196 g/mol. The molecule has 1 aliphatic rings. The van der Waals surface area contributed by atoms with E-state index >= 15 is 0 Å². The Balaban J connectivity index is 2.44. The minimum absolute atomic E-state index is 0.0100. The first-order valence-corrected chi connectivity index (χ1v) is 5.75. The molecular formula is C6H12N2O2S2. The number of hydrogen-bond acceptors (Lipinski definition) is 3. The van der Waals surface area contributed by atoms with Gasteiger partial charge in [-0.1, -0.05) is 19.1 Å². The van der Waals surface area contributed by atoms with Gasteiger partial charge in [0.15, 0.2) is 0 Å². The minimum atomic E-state index is -3.27. The molecule has 3 N–H and O–H groups in total. The van der Waals surface area contributed by atoms with E-state index in [-0.39, 0.29) is 16.8 Å². The number of nitrogens with one attached hydrogen (secondary N) is 1. The van der Waals surface area contributed by atoms with Gasteiger partial charge >= 0.3 is 0 Å². The second kappa shape index (κ2) is 3.27. The molecule has 0 amide bonds. The van der Waals surface area contributed by atoms with E-state index < -0.39 is 10.0 Å². The normalized spacial score (nSPS) is 28.4. The number of rotatable bonds is 4. The van der Waals surface area contributed by atoms with Gasteiger partial charge in [0.1, 0.15) is 5.75 Å². The Kier molecular flexibility index (Phi) is 2.70. The second-order valence-corrected chi connectivity index (χ2v) is 5.44. The Morgan fingerprint density at radius 3 is 2.58 bits per heavy atom. The lowest BCUT2D eigenvalue weighted by Crippen LogP contribution is -2.34. The van der Waals surface area contributed by atoms with Crippen molar-refractivity contribution in [2.24, 2.45) is 11.7 Å². The second-order valence-electron chi connectivity index (χ2n) is 3.16. The van der Waals surface area contributed by atoms with E-state index in [4.69, 9.17) is 5.73 Å². The predicted molar refractivity (Wildman–Crippen MR) is 51.3 cm³/mol. The van der Waals surface area contributed by atoms with Gasteiger partial charge in [0.2, 0.25) is 10.0 Å². The highest BCUT2D eigenvalue weighted by molar-refractivity contribution is 7.92. The third-order valence-electron chi connectivity index (χ3n) is 1.77. The maximum absolute atomic E-state index is 11.2. The summed E-state index contributed by atoms with van der Waals surface area (Å²) in [7, 11) is -3.27. The molecule has 1 rings (SSSR count). The minimum Gasteiger partial charge on any atom is -0.392 e. The van der Waals surface area contributed by atoms with Gasteiger partial charge in [0.05, 0.1) is 4.99 Å². The van der Waals surface area contributed by atoms with Crippen molar-refractivity contribution in [3.63, 3.8) is 0 Å². The van der Waals surface area contributed by atoms with Crippen molar-refractivity contribution in [1.82, 2.24) is 4.72 Å². The van der Waals surface area contributed by atoms with Crippen LogP contribution in [0.2, 0.25) is 0 Å². The molecule has 0 aliphatic heterocycles. The maximum Gasteiger partial charge on any atom is 0.218 e. The van der Waals surface area contributed by atoms with Crippen LogP contribution in [0.4, 0.5) is 0 Å². The first kappa shape index (κ1) is 9.88. The van der Waals surface area contributed by atoms with Gasteiger partial charge in [-0.15, -0.1) is 0 Å². The molecule has 0 heterocycles. The topological polar surface area (TPSA) is 72.2 Å². The van der Waals surface area contributed by atoms with Gasteiger partial charge in [-0.2, -0.15) is 0 Å². The van der Waals surface area contributed by atoms with Crippen molar-refractivity contribution in [3.8, 4) is 0 Å². The van der Waals surface area contributed by atoms with Crippen molar-refractivity contribution in [2.75, 3.05) is 5.75 Å². The SMILES string of the molecule is CC1CC1NS(=O)(=O)CC(N)=S. The number of nitrogens with two attached hydrogens (primary N) is 1. The van der Waals surface area contributed by atoms with Crippen LogP contribution in [0.25, 0.3) is 0 Å². The Hall–Kier alpha value is -0.200. The highest BCUT2D eigenvalue weighted by Gasteiger charge is 2.35. The molecule has 70 valence electrons. The van der Waals surface area contributed by atoms with Crippen LogP contribution in [0.15, 0.2) is 0 Å². The van der Waals surface area contributed by atoms with E-state index in [2.05, 4.69) is 16.9 Å². The fourth-order valence-corrected chi connectivity index (χ4v) is 2.66. The van der Waals surface area contributed by atoms with E-state index in [1.54, 1.807) is 0 Å². The largest absolute Gasteiger partial charge is 0.392 e. The molecule has 0 radical (unpaired) electrons. The van der Waals surface area contributed by atoms with Gasteiger partial charge in [-0.3, -0.25) is 0 Å². The van der Waals surface area contributed by atoms with Crippen LogP contribution < -0.4 is 10.5 Å². The first-order chi connectivity index (χ1) is 5.41. The van der Waals surface area contributed by atoms with E-state index in [1.807, 2.05) is 6.92 Å². The van der Waals surface area contributed by atoms with Crippen LogP contribution in [0.1, 0.15) is 13.3 Å². The van der Waals surface area contributed by atoms with E-state index in [0.717, 1.165) is 6.42 Å². The van der Waals surface area contributed by atoms with Crippen LogP contribution in [0, 0.1) is 5.92 Å². The van der Waals surface area contributed by atoms with Crippen LogP contribution in [0.3, 0.4) is 0 Å². The van der Waals surface area contributed by atoms with E-state index in [1.165, 1.54) is 0 Å². The molecule has 0 aromatic rings. The number of thiocarbonyl (C=S) groups is 1. The first-order valence-electron chi connectivity index (χ1n) is 3.69. The summed E-state index contributed by atoms with van der Waals surface area (Å²) in [6, 6.07) is 0.101. The average molecular weight is 208 g/mol. The van der Waals surface area contributed by atoms with Gasteiger partial charge in [-0.05, 0) is 12.3 Å². The molecule has 1 aliphatic carbocycles. The molecule has 0 saturated heterocycles. The summed E-state index contributed by atoms with van der Waals surface area (Å²) >= 11 is 4.50. The van der Waals surface area contributed by atoms with E-state index in [9.17, 15) is 8.42 Å². The Bertz CT molecular complexity index is 286. The lowest BCUT2D eigenvalue weighted by Gasteiger charge is -2.03. The molecule has 0 aromatic carbocycles. The predicted octanol–water partition coefficient (Wildman–Crippen LogP) is -0.400. The van der Waals surface area contributed by atoms with Gasteiger partial charge in [0.25, 0.3) is 0 Å². The lowest BCUT2D eigenvalue weighted by molar-refractivity contribution is 0.582. The third-order valence-corrected chi connectivity index (χ3v) is 3.45. The smallest absolute Gasteiger partial charge is 0.218 e. The molecule has 0 spiro atoms. The average Bonchev–Trinajstić information content (AvgIpc) is 2.40. The molecule has 12 heavy (non-hydrogen) atoms. The highest BCUT2D eigenvalue weighted by Crippen LogP contribution is 2.29. The molecule has 0 bridgehead atoms. The molecule has 2 unspecified atom stereocenters. The van der Waals surface area contributed by atoms with Gasteiger partial charge in [-0.25, -0.2) is 13.1 Å². The summed E-state index contributed by atoms with van der Waals surface area (Å²) in [4.78, 5) is 0.0100. The maximum atomic E-state index is 11.2. The summed E-state index contributed by atoms with van der Waals surface area (Å²) < 4.78 is 24.8. The molecule has 4 nitrogen and oxygen atoms in total. The summed E-state index contributed by atoms with van der Waals surface area (Å²) in [5.74, 6) is 0.206. The van der Waals surface area contributed by atoms with Gasteiger partial charge in [0, 0.05) is 6.04 Å². The fraction of sp³-hybridized carbons (Fsp3) is 0.833. The zero-order chi connectivity index (χ0) is 9.35. The fourth-order valence-electron chi connectivity index (χ4n) is 0.946. The Morgan fingerprint density at radius 2 is 2.25 bits per heavy atom. The molecule has 1 saturated carbocycles. The third kappa shape index (κ3) is 3.04. The molecule has 6 heteroatoms. The quantitative estimate of drug-likeness (QED) is 0.617. The van der Waals surface area contributed by atoms with Crippen molar-refractivity contribution in [3.05, 3.63) is 0 Å². The zero-order valence-corrected chi connectivity index (χ0v) is 8.41. The molecule has 0 aromatic heterocycles. The molecule has 1 fully saturated rings. The van der Waals surface area contributed by atoms with Crippen LogP contribution >= 0.6 is 12.2 Å². The van der Waals surface area contributed by atoms with Crippen LogP contribution in [-0.2, 0) is 10.0 Å². The highest BCUT2D eigenvalue weighted by atomic mass is 32.2. The summed E-state index contributed by atoms with van der Waals surface area (Å²) in [6.07, 6.45) is 0.913. The van der Waals surface area contributed by atoms with E-state index in [0.29, 0.717) is 5.92 Å². The number of sulfonamides is 1. The zero-order valence-electron chi connectivity index (χ0n) is 6.78. The Morgan fingerprint density at radius 1 is 1.75 bits per heavy atom. The summed E-state index contributed by atoms with van der Waals surface area (Å²) in [5.41, 5.74) is 5.12. The monoisotopic (exact) mass is 208 g/mol. The summed E-state index contributed by atoms with van der Waals surface area (Å²) in [6.45, 7) is 1.99. The van der Waals surface area contributed by atoms with Crippen molar-refractivity contribution in [2.45, 2.75) is 19.4 Å². The van der Waals surface area contributed by atoms with Crippen LogP contribution in [0.5, 0.6) is 0 Å². The summed E-state index contributed by atoms with van der Waals surface area (Å²) in [5, 5.41) is 0. The lowest BCUT2D eigenvalue weighted by atomic mass is 10.5. The Labute approximate surface area is 77.6 Å². The van der Waals surface area contributed by atoms with Gasteiger partial charge < -0.3 is 5.73 Å². The molecule has 2 atom stereocenters.